The molecule has 172 valence electrons. The summed E-state index contributed by atoms with van der Waals surface area (Å²) in [5.74, 6) is 1.27. The molecule has 0 aliphatic carbocycles. The third-order valence-electron chi connectivity index (χ3n) is 5.91. The Morgan fingerprint density at radius 1 is 0.912 bits per heavy atom. The Kier molecular flexibility index (Phi) is 5.41. The minimum absolute atomic E-state index is 0.124. The maximum Gasteiger partial charge on any atom is 0.312 e. The number of pyridine rings is 1. The number of carbonyl (C=O) groups is 2. The second-order valence-corrected chi connectivity index (χ2v) is 7.73. The summed E-state index contributed by atoms with van der Waals surface area (Å²) in [5, 5.41) is 0. The number of hydrogen-bond acceptors (Lipinski definition) is 8. The predicted octanol–water partition coefficient (Wildman–Crippen LogP) is 4.16. The average molecular weight is 459 g/mol. The maximum atomic E-state index is 13.3. The molecule has 0 bridgehead atoms. The monoisotopic (exact) mass is 459 g/mol. The van der Waals surface area contributed by atoms with Gasteiger partial charge in [0.25, 0.3) is 0 Å². The van der Waals surface area contributed by atoms with Gasteiger partial charge in [-0.3, -0.25) is 14.6 Å². The molecule has 5 rings (SSSR count). The molecule has 3 heterocycles. The Morgan fingerprint density at radius 3 is 2.38 bits per heavy atom. The van der Waals surface area contributed by atoms with Gasteiger partial charge in [0.15, 0.2) is 17.3 Å². The van der Waals surface area contributed by atoms with Gasteiger partial charge in [0.05, 0.1) is 33.3 Å². The molecule has 3 aromatic rings. The highest BCUT2D eigenvalue weighted by Gasteiger charge is 2.38. The van der Waals surface area contributed by atoms with Crippen molar-refractivity contribution in [3.8, 4) is 28.7 Å². The highest BCUT2D eigenvalue weighted by atomic mass is 16.5. The quantitative estimate of drug-likeness (QED) is 0.319. The summed E-state index contributed by atoms with van der Waals surface area (Å²) < 4.78 is 27.9. The minimum Gasteiger partial charge on any atom is -0.493 e. The summed E-state index contributed by atoms with van der Waals surface area (Å²) in [6.45, 7) is 0. The van der Waals surface area contributed by atoms with Crippen LogP contribution in [0.25, 0.3) is 6.08 Å². The van der Waals surface area contributed by atoms with E-state index in [1.54, 1.807) is 42.7 Å². The standard InChI is InChI=1S/C26H21NO7/c1-30-19-6-4-15(24(31-2)26(19)32-3)12-20-23(29)16-5-7-18-22(25(16)34-20)17(13-21(28)33-18)14-8-10-27-11-9-14/h4-12,17H,13H2,1-3H3/b20-12-/t17-/m0/s1. The number of allylic oxidation sites excluding steroid dienone is 1. The molecular weight excluding hydrogens is 438 g/mol. The van der Waals surface area contributed by atoms with Crippen LogP contribution in [-0.2, 0) is 4.79 Å². The number of Topliss-reactive ketones (excluding diaryl/α,β-unsaturated/α-hetero) is 1. The second-order valence-electron chi connectivity index (χ2n) is 7.73. The van der Waals surface area contributed by atoms with Crippen LogP contribution >= 0.6 is 0 Å². The molecule has 0 amide bonds. The zero-order chi connectivity index (χ0) is 23.8. The Labute approximate surface area is 195 Å². The second kappa shape index (κ2) is 8.55. The van der Waals surface area contributed by atoms with Gasteiger partial charge in [0.2, 0.25) is 11.5 Å². The Balaban J connectivity index is 1.61. The number of nitrogens with zero attached hydrogens (tertiary/aromatic N) is 1. The molecule has 0 unspecified atom stereocenters. The number of fused-ring (bicyclic) bond motifs is 3. The van der Waals surface area contributed by atoms with Crippen molar-refractivity contribution in [3.05, 3.63) is 76.8 Å². The molecule has 0 saturated heterocycles. The summed E-state index contributed by atoms with van der Waals surface area (Å²) in [4.78, 5) is 29.6. The first kappa shape index (κ1) is 21.5. The molecule has 0 saturated carbocycles. The van der Waals surface area contributed by atoms with E-state index in [1.807, 2.05) is 12.1 Å². The van der Waals surface area contributed by atoms with Gasteiger partial charge >= 0.3 is 5.97 Å². The molecule has 2 aliphatic rings. The molecule has 1 atom stereocenters. The number of hydrogen-bond donors (Lipinski definition) is 0. The summed E-state index contributed by atoms with van der Waals surface area (Å²) in [6.07, 6.45) is 5.07. The lowest BCUT2D eigenvalue weighted by Crippen LogP contribution is -2.21. The third-order valence-corrected chi connectivity index (χ3v) is 5.91. The van der Waals surface area contributed by atoms with Crippen molar-refractivity contribution in [1.29, 1.82) is 0 Å². The van der Waals surface area contributed by atoms with Crippen LogP contribution in [0.3, 0.4) is 0 Å². The van der Waals surface area contributed by atoms with Gasteiger partial charge in [0, 0.05) is 29.4 Å². The topological polar surface area (TPSA) is 93.2 Å². The summed E-state index contributed by atoms with van der Waals surface area (Å²) in [5.41, 5.74) is 2.54. The molecule has 34 heavy (non-hydrogen) atoms. The van der Waals surface area contributed by atoms with E-state index in [1.165, 1.54) is 21.3 Å². The van der Waals surface area contributed by atoms with E-state index in [4.69, 9.17) is 23.7 Å². The summed E-state index contributed by atoms with van der Waals surface area (Å²) in [7, 11) is 4.55. The fourth-order valence-electron chi connectivity index (χ4n) is 4.37. The molecule has 0 fully saturated rings. The van der Waals surface area contributed by atoms with Crippen LogP contribution in [0.2, 0.25) is 0 Å². The lowest BCUT2D eigenvalue weighted by atomic mass is 9.85. The van der Waals surface area contributed by atoms with Gasteiger partial charge in [-0.05, 0) is 48.0 Å². The Morgan fingerprint density at radius 2 is 1.68 bits per heavy atom. The number of benzene rings is 2. The lowest BCUT2D eigenvalue weighted by molar-refractivity contribution is -0.135. The van der Waals surface area contributed by atoms with Crippen LogP contribution in [-0.4, -0.2) is 38.1 Å². The predicted molar refractivity (Wildman–Crippen MR) is 122 cm³/mol. The molecule has 0 N–H and O–H groups in total. The molecule has 8 heteroatoms. The van der Waals surface area contributed by atoms with Gasteiger partial charge in [-0.1, -0.05) is 0 Å². The van der Waals surface area contributed by atoms with E-state index >= 15 is 0 Å². The normalized spacial score (nSPS) is 17.5. The van der Waals surface area contributed by atoms with Crippen LogP contribution in [0.5, 0.6) is 28.7 Å². The first-order valence-electron chi connectivity index (χ1n) is 10.6. The van der Waals surface area contributed by atoms with Crippen molar-refractivity contribution in [2.24, 2.45) is 0 Å². The van der Waals surface area contributed by atoms with Crippen molar-refractivity contribution >= 4 is 17.8 Å². The molecule has 1 aromatic heterocycles. The zero-order valence-corrected chi connectivity index (χ0v) is 18.8. The third kappa shape index (κ3) is 3.44. The molecular formula is C26H21NO7. The van der Waals surface area contributed by atoms with Crippen LogP contribution < -0.4 is 23.7 Å². The molecule has 0 radical (unpaired) electrons. The van der Waals surface area contributed by atoms with Crippen molar-refractivity contribution in [3.63, 3.8) is 0 Å². The maximum absolute atomic E-state index is 13.3. The van der Waals surface area contributed by atoms with E-state index in [0.29, 0.717) is 45.4 Å². The van der Waals surface area contributed by atoms with Gasteiger partial charge < -0.3 is 23.7 Å². The van der Waals surface area contributed by atoms with Crippen molar-refractivity contribution in [2.45, 2.75) is 12.3 Å². The number of aromatic nitrogens is 1. The number of ether oxygens (including phenoxy) is 5. The SMILES string of the molecule is COc1ccc(/C=C2\Oc3c(ccc4c3[C@H](c3ccncc3)CC(=O)O4)C2=O)c(OC)c1OC. The van der Waals surface area contributed by atoms with Crippen LogP contribution in [0.4, 0.5) is 0 Å². The molecule has 0 spiro atoms. The van der Waals surface area contributed by atoms with E-state index in [2.05, 4.69) is 4.98 Å². The van der Waals surface area contributed by atoms with Gasteiger partial charge in [-0.2, -0.15) is 0 Å². The lowest BCUT2D eigenvalue weighted by Gasteiger charge is -2.26. The minimum atomic E-state index is -0.343. The van der Waals surface area contributed by atoms with E-state index in [0.717, 1.165) is 5.56 Å². The number of carbonyl (C=O) groups excluding carboxylic acids is 2. The summed E-state index contributed by atoms with van der Waals surface area (Å²) in [6, 6.07) is 10.4. The van der Waals surface area contributed by atoms with Crippen LogP contribution in [0.15, 0.2) is 54.6 Å². The van der Waals surface area contributed by atoms with E-state index in [9.17, 15) is 9.59 Å². The van der Waals surface area contributed by atoms with Gasteiger partial charge in [-0.25, -0.2) is 0 Å². The molecule has 2 aromatic carbocycles. The number of esters is 1. The van der Waals surface area contributed by atoms with Gasteiger partial charge in [-0.15, -0.1) is 0 Å². The average Bonchev–Trinajstić information content (AvgIpc) is 3.18. The van der Waals surface area contributed by atoms with Crippen molar-refractivity contribution in [1.82, 2.24) is 4.98 Å². The number of rotatable bonds is 5. The van der Waals surface area contributed by atoms with Crippen LogP contribution in [0.1, 0.15) is 39.4 Å². The largest absolute Gasteiger partial charge is 0.493 e. The first-order valence-corrected chi connectivity index (χ1v) is 10.6. The fourth-order valence-corrected chi connectivity index (χ4v) is 4.37. The zero-order valence-electron chi connectivity index (χ0n) is 18.8. The highest BCUT2D eigenvalue weighted by molar-refractivity contribution is 6.15. The molecule has 8 nitrogen and oxygen atoms in total. The fraction of sp³-hybridized carbons (Fsp3) is 0.192. The Bertz CT molecular complexity index is 1330. The number of methoxy groups -OCH3 is 3. The number of ketones is 1. The van der Waals surface area contributed by atoms with E-state index in [-0.39, 0.29) is 29.9 Å². The van der Waals surface area contributed by atoms with Crippen LogP contribution in [0, 0.1) is 0 Å². The smallest absolute Gasteiger partial charge is 0.312 e. The van der Waals surface area contributed by atoms with Crippen molar-refractivity contribution in [2.75, 3.05) is 21.3 Å². The summed E-state index contributed by atoms with van der Waals surface area (Å²) >= 11 is 0. The van der Waals surface area contributed by atoms with Crippen molar-refractivity contribution < 1.29 is 33.3 Å². The molecule has 2 aliphatic heterocycles. The van der Waals surface area contributed by atoms with E-state index < -0.39 is 0 Å². The first-order chi connectivity index (χ1) is 16.5. The Hall–Kier alpha value is -4.33. The highest BCUT2D eigenvalue weighted by Crippen LogP contribution is 2.49. The van der Waals surface area contributed by atoms with Gasteiger partial charge in [0.1, 0.15) is 11.5 Å².